The second-order valence-corrected chi connectivity index (χ2v) is 3.47. The zero-order valence-corrected chi connectivity index (χ0v) is 9.47. The van der Waals surface area contributed by atoms with E-state index < -0.39 is 30.9 Å². The maximum atomic E-state index is 13.4. The van der Waals surface area contributed by atoms with Crippen molar-refractivity contribution in [1.82, 2.24) is 5.32 Å². The quantitative estimate of drug-likeness (QED) is 0.849. The van der Waals surface area contributed by atoms with Crippen molar-refractivity contribution in [3.8, 4) is 5.75 Å². The average molecular weight is 265 g/mol. The van der Waals surface area contributed by atoms with E-state index in [1.54, 1.807) is 0 Å². The lowest BCUT2D eigenvalue weighted by Crippen LogP contribution is -2.28. The molecule has 0 unspecified atom stereocenters. The smallest absolute Gasteiger partial charge is 0.390 e. The molecule has 100 valence electrons. The minimum absolute atomic E-state index is 0.222. The highest BCUT2D eigenvalue weighted by Gasteiger charge is 2.26. The largest absolute Gasteiger partial charge is 0.497 e. The molecule has 0 fully saturated rings. The molecule has 0 saturated heterocycles. The Kier molecular flexibility index (Phi) is 4.52. The van der Waals surface area contributed by atoms with Crippen LogP contribution in [0.5, 0.6) is 5.75 Å². The predicted molar refractivity (Wildman–Crippen MR) is 56.0 cm³/mol. The summed E-state index contributed by atoms with van der Waals surface area (Å²) in [5.41, 5.74) is -0.321. The Hall–Kier alpha value is -1.79. The zero-order chi connectivity index (χ0) is 13.8. The third-order valence-electron chi connectivity index (χ3n) is 2.11. The van der Waals surface area contributed by atoms with Crippen LogP contribution in [0.3, 0.4) is 0 Å². The van der Waals surface area contributed by atoms with E-state index in [0.717, 1.165) is 12.1 Å². The van der Waals surface area contributed by atoms with Crippen LogP contribution in [-0.4, -0.2) is 25.7 Å². The monoisotopic (exact) mass is 265 g/mol. The van der Waals surface area contributed by atoms with Crippen LogP contribution in [0.25, 0.3) is 0 Å². The maximum absolute atomic E-state index is 13.4. The summed E-state index contributed by atoms with van der Waals surface area (Å²) in [6.45, 7) is -0.589. The number of alkyl halides is 3. The number of benzene rings is 1. The molecule has 1 aromatic carbocycles. The molecule has 1 aromatic rings. The van der Waals surface area contributed by atoms with Crippen LogP contribution < -0.4 is 10.1 Å². The van der Waals surface area contributed by atoms with Crippen molar-refractivity contribution in [3.63, 3.8) is 0 Å². The first kappa shape index (κ1) is 14.3. The number of rotatable bonds is 4. The third kappa shape index (κ3) is 4.23. The number of methoxy groups -OCH3 is 1. The molecule has 0 heterocycles. The van der Waals surface area contributed by atoms with Crippen molar-refractivity contribution in [2.24, 2.45) is 0 Å². The maximum Gasteiger partial charge on any atom is 0.390 e. The average Bonchev–Trinajstić information content (AvgIpc) is 2.26. The molecule has 0 saturated carbocycles. The van der Waals surface area contributed by atoms with Gasteiger partial charge in [-0.1, -0.05) is 0 Å². The number of hydrogen-bond acceptors (Lipinski definition) is 2. The van der Waals surface area contributed by atoms with Crippen molar-refractivity contribution >= 4 is 5.91 Å². The predicted octanol–water partition coefficient (Wildman–Crippen LogP) is 2.52. The Balaban J connectivity index is 2.62. The first-order valence-corrected chi connectivity index (χ1v) is 5.02. The Morgan fingerprint density at radius 3 is 2.56 bits per heavy atom. The Bertz CT molecular complexity index is 432. The molecule has 3 nitrogen and oxygen atoms in total. The topological polar surface area (TPSA) is 38.3 Å². The lowest BCUT2D eigenvalue weighted by Gasteiger charge is -2.09. The van der Waals surface area contributed by atoms with Crippen LogP contribution in [0.2, 0.25) is 0 Å². The summed E-state index contributed by atoms with van der Waals surface area (Å²) < 4.78 is 53.7. The number of carbonyl (C=O) groups is 1. The van der Waals surface area contributed by atoms with Crippen LogP contribution in [0.1, 0.15) is 16.8 Å². The zero-order valence-electron chi connectivity index (χ0n) is 9.47. The van der Waals surface area contributed by atoms with E-state index in [9.17, 15) is 22.4 Å². The molecule has 1 N–H and O–H groups in total. The van der Waals surface area contributed by atoms with Gasteiger partial charge in [0.2, 0.25) is 0 Å². The number of nitrogens with one attached hydrogen (secondary N) is 1. The molecule has 0 aliphatic heterocycles. The van der Waals surface area contributed by atoms with E-state index in [4.69, 9.17) is 4.74 Å². The fourth-order valence-corrected chi connectivity index (χ4v) is 1.22. The molecular formula is C11H11F4NO2. The summed E-state index contributed by atoms with van der Waals surface area (Å²) in [7, 11) is 1.33. The van der Waals surface area contributed by atoms with E-state index >= 15 is 0 Å². The highest BCUT2D eigenvalue weighted by atomic mass is 19.4. The van der Waals surface area contributed by atoms with Gasteiger partial charge in [-0.05, 0) is 12.1 Å². The first-order chi connectivity index (χ1) is 8.33. The summed E-state index contributed by atoms with van der Waals surface area (Å²) in [6, 6.07) is 3.48. The van der Waals surface area contributed by atoms with Crippen LogP contribution in [0.4, 0.5) is 17.6 Å². The third-order valence-corrected chi connectivity index (χ3v) is 2.11. The fraction of sp³-hybridized carbons (Fsp3) is 0.364. The second kappa shape index (κ2) is 5.70. The Morgan fingerprint density at radius 2 is 2.06 bits per heavy atom. The fourth-order valence-electron chi connectivity index (χ4n) is 1.22. The van der Waals surface area contributed by atoms with Gasteiger partial charge in [0.15, 0.2) is 0 Å². The van der Waals surface area contributed by atoms with Gasteiger partial charge in [-0.25, -0.2) is 4.39 Å². The van der Waals surface area contributed by atoms with E-state index in [1.165, 1.54) is 13.2 Å². The number of carbonyl (C=O) groups excluding carboxylic acids is 1. The summed E-state index contributed by atoms with van der Waals surface area (Å²) in [5, 5.41) is 1.99. The second-order valence-electron chi connectivity index (χ2n) is 3.47. The van der Waals surface area contributed by atoms with Crippen molar-refractivity contribution in [2.75, 3.05) is 13.7 Å². The molecule has 0 aromatic heterocycles. The molecule has 18 heavy (non-hydrogen) atoms. The highest BCUT2D eigenvalue weighted by molar-refractivity contribution is 5.94. The first-order valence-electron chi connectivity index (χ1n) is 5.02. The minimum Gasteiger partial charge on any atom is -0.497 e. The molecular weight excluding hydrogens is 254 g/mol. The van der Waals surface area contributed by atoms with Crippen molar-refractivity contribution in [1.29, 1.82) is 0 Å². The normalized spacial score (nSPS) is 11.2. The molecule has 7 heteroatoms. The lowest BCUT2D eigenvalue weighted by molar-refractivity contribution is -0.132. The Morgan fingerprint density at radius 1 is 1.39 bits per heavy atom. The van der Waals surface area contributed by atoms with Gasteiger partial charge >= 0.3 is 6.18 Å². The highest BCUT2D eigenvalue weighted by Crippen LogP contribution is 2.19. The van der Waals surface area contributed by atoms with E-state index in [0.29, 0.717) is 0 Å². The molecule has 0 aliphatic rings. The number of amides is 1. The summed E-state index contributed by atoms with van der Waals surface area (Å²) in [4.78, 5) is 11.4. The van der Waals surface area contributed by atoms with Gasteiger partial charge in [0.1, 0.15) is 11.6 Å². The van der Waals surface area contributed by atoms with E-state index in [1.807, 2.05) is 5.32 Å². The van der Waals surface area contributed by atoms with Crippen LogP contribution >= 0.6 is 0 Å². The number of ether oxygens (including phenoxy) is 1. The summed E-state index contributed by atoms with van der Waals surface area (Å²) >= 11 is 0. The number of hydrogen-bond donors (Lipinski definition) is 1. The van der Waals surface area contributed by atoms with Gasteiger partial charge in [0.05, 0.1) is 19.1 Å². The van der Waals surface area contributed by atoms with Crippen LogP contribution in [-0.2, 0) is 0 Å². The molecule has 0 aliphatic carbocycles. The molecule has 1 amide bonds. The van der Waals surface area contributed by atoms with Gasteiger partial charge in [-0.2, -0.15) is 13.2 Å². The standard InChI is InChI=1S/C11H11F4NO2/c1-18-7-2-3-8(9(12)6-7)10(17)16-5-4-11(13,14)15/h2-3,6H,4-5H2,1H3,(H,16,17). The van der Waals surface area contributed by atoms with Crippen LogP contribution in [0, 0.1) is 5.82 Å². The van der Waals surface area contributed by atoms with Gasteiger partial charge in [-0.15, -0.1) is 0 Å². The molecule has 0 spiro atoms. The van der Waals surface area contributed by atoms with Gasteiger partial charge < -0.3 is 10.1 Å². The number of halogens is 4. The summed E-state index contributed by atoms with van der Waals surface area (Å²) in [6.07, 6.45) is -5.51. The van der Waals surface area contributed by atoms with E-state index in [2.05, 4.69) is 0 Å². The minimum atomic E-state index is -4.36. The summed E-state index contributed by atoms with van der Waals surface area (Å²) in [5.74, 6) is -1.52. The van der Waals surface area contributed by atoms with Crippen molar-refractivity contribution in [3.05, 3.63) is 29.6 Å². The van der Waals surface area contributed by atoms with Gasteiger partial charge in [0.25, 0.3) is 5.91 Å². The molecule has 0 atom stereocenters. The van der Waals surface area contributed by atoms with Gasteiger partial charge in [0, 0.05) is 12.6 Å². The SMILES string of the molecule is COc1ccc(C(=O)NCCC(F)(F)F)c(F)c1. The van der Waals surface area contributed by atoms with E-state index in [-0.39, 0.29) is 11.3 Å². The van der Waals surface area contributed by atoms with Crippen LogP contribution in [0.15, 0.2) is 18.2 Å². The van der Waals surface area contributed by atoms with Crippen molar-refractivity contribution in [2.45, 2.75) is 12.6 Å². The lowest BCUT2D eigenvalue weighted by atomic mass is 10.2. The van der Waals surface area contributed by atoms with Gasteiger partial charge in [-0.3, -0.25) is 4.79 Å². The Labute approximate surface area is 101 Å². The van der Waals surface area contributed by atoms with Crippen molar-refractivity contribution < 1.29 is 27.1 Å². The molecule has 1 rings (SSSR count). The molecule has 0 radical (unpaired) electrons. The molecule has 0 bridgehead atoms.